The first-order valence-corrected chi connectivity index (χ1v) is 8.99. The van der Waals surface area contributed by atoms with E-state index in [1.165, 1.54) is 12.8 Å². The van der Waals surface area contributed by atoms with E-state index < -0.39 is 12.1 Å². The van der Waals surface area contributed by atoms with Gasteiger partial charge in [0.05, 0.1) is 19.3 Å². The number of benzene rings is 1. The number of morpholine rings is 1. The van der Waals surface area contributed by atoms with E-state index in [1.54, 1.807) is 4.90 Å². The van der Waals surface area contributed by atoms with Crippen molar-refractivity contribution in [3.8, 4) is 5.75 Å². The van der Waals surface area contributed by atoms with Crippen LogP contribution in [-0.4, -0.2) is 53.8 Å². The fourth-order valence-electron chi connectivity index (χ4n) is 3.41. The lowest BCUT2D eigenvalue weighted by atomic mass is 10.1. The van der Waals surface area contributed by atoms with Gasteiger partial charge >= 0.3 is 5.97 Å². The molecule has 1 atom stereocenters. The van der Waals surface area contributed by atoms with Crippen molar-refractivity contribution in [1.82, 2.24) is 4.90 Å². The fourth-order valence-corrected chi connectivity index (χ4v) is 3.41. The van der Waals surface area contributed by atoms with Gasteiger partial charge < -0.3 is 19.5 Å². The van der Waals surface area contributed by atoms with Gasteiger partial charge in [-0.05, 0) is 49.8 Å². The molecular formula is C19H25NO5. The molecule has 6 heteroatoms. The van der Waals surface area contributed by atoms with E-state index in [0.717, 1.165) is 24.2 Å². The Hall–Kier alpha value is -2.08. The summed E-state index contributed by atoms with van der Waals surface area (Å²) in [7, 11) is 0. The lowest BCUT2D eigenvalue weighted by Gasteiger charge is -2.31. The first-order chi connectivity index (χ1) is 12.1. The van der Waals surface area contributed by atoms with Gasteiger partial charge in [-0.3, -0.25) is 4.79 Å². The van der Waals surface area contributed by atoms with Gasteiger partial charge in [0, 0.05) is 13.0 Å². The highest BCUT2D eigenvalue weighted by atomic mass is 16.5. The second-order valence-corrected chi connectivity index (χ2v) is 6.71. The molecule has 1 heterocycles. The fraction of sp³-hybridized carbons (Fsp3) is 0.579. The summed E-state index contributed by atoms with van der Waals surface area (Å²) in [6.07, 6.45) is 5.08. The Morgan fingerprint density at radius 1 is 1.28 bits per heavy atom. The third-order valence-electron chi connectivity index (χ3n) is 4.83. The smallest absolute Gasteiger partial charge is 0.334 e. The number of ether oxygens (including phenoxy) is 2. The summed E-state index contributed by atoms with van der Waals surface area (Å²) in [6, 6.07) is 7.92. The maximum atomic E-state index is 12.3. The molecule has 1 aromatic rings. The molecule has 1 amide bonds. The Bertz CT molecular complexity index is 612. The van der Waals surface area contributed by atoms with Crippen molar-refractivity contribution < 1.29 is 24.2 Å². The van der Waals surface area contributed by atoms with E-state index in [2.05, 4.69) is 0 Å². The monoisotopic (exact) mass is 347 g/mol. The van der Waals surface area contributed by atoms with E-state index in [0.29, 0.717) is 25.5 Å². The Balaban J connectivity index is 1.50. The number of nitrogens with zero attached hydrogens (tertiary/aromatic N) is 1. The molecule has 0 unspecified atom stereocenters. The van der Waals surface area contributed by atoms with Crippen LogP contribution in [0.5, 0.6) is 5.75 Å². The number of rotatable bonds is 6. The summed E-state index contributed by atoms with van der Waals surface area (Å²) >= 11 is 0. The number of carboxylic acids is 1. The second kappa shape index (κ2) is 8.34. The molecule has 0 aromatic heterocycles. The molecule has 0 spiro atoms. The largest absolute Gasteiger partial charge is 0.490 e. The molecule has 1 aliphatic heterocycles. The number of aliphatic carboxylic acids is 1. The molecule has 0 bridgehead atoms. The predicted molar refractivity (Wildman–Crippen MR) is 91.6 cm³/mol. The van der Waals surface area contributed by atoms with Crippen molar-refractivity contribution in [2.45, 2.75) is 50.7 Å². The van der Waals surface area contributed by atoms with Gasteiger partial charge in [0.1, 0.15) is 5.75 Å². The number of carbonyl (C=O) groups excluding carboxylic acids is 1. The third-order valence-corrected chi connectivity index (χ3v) is 4.83. The highest BCUT2D eigenvalue weighted by molar-refractivity contribution is 5.78. The molecule has 2 aliphatic rings. The van der Waals surface area contributed by atoms with Gasteiger partial charge in [-0.25, -0.2) is 4.79 Å². The lowest BCUT2D eigenvalue weighted by molar-refractivity contribution is -0.159. The number of amides is 1. The van der Waals surface area contributed by atoms with Crippen LogP contribution < -0.4 is 4.74 Å². The van der Waals surface area contributed by atoms with E-state index in [1.807, 2.05) is 24.3 Å². The summed E-state index contributed by atoms with van der Waals surface area (Å²) in [6.45, 7) is 0.847. The van der Waals surface area contributed by atoms with Crippen molar-refractivity contribution in [3.05, 3.63) is 29.8 Å². The predicted octanol–water partition coefficient (Wildman–Crippen LogP) is 2.25. The molecular weight excluding hydrogens is 322 g/mol. The molecule has 1 saturated heterocycles. The van der Waals surface area contributed by atoms with E-state index in [4.69, 9.17) is 14.6 Å². The van der Waals surface area contributed by atoms with Gasteiger partial charge in [-0.2, -0.15) is 0 Å². The third kappa shape index (κ3) is 4.95. The van der Waals surface area contributed by atoms with Crippen molar-refractivity contribution in [2.24, 2.45) is 0 Å². The van der Waals surface area contributed by atoms with Crippen LogP contribution in [0.2, 0.25) is 0 Å². The van der Waals surface area contributed by atoms with Gasteiger partial charge in [0.15, 0.2) is 6.10 Å². The standard InChI is InChI=1S/C19H25NO5/c21-18(20-10-11-24-17(13-20)19(22)23)9-8-14-4-3-7-16(12-14)25-15-5-1-2-6-15/h3-4,7,12,15,17H,1-2,5-6,8-11,13H2,(H,22,23)/t17-/m1/s1. The van der Waals surface area contributed by atoms with Crippen LogP contribution in [0.1, 0.15) is 37.7 Å². The van der Waals surface area contributed by atoms with Crippen LogP contribution in [0.3, 0.4) is 0 Å². The minimum atomic E-state index is -1.02. The highest BCUT2D eigenvalue weighted by Crippen LogP contribution is 2.25. The zero-order valence-electron chi connectivity index (χ0n) is 14.4. The quantitative estimate of drug-likeness (QED) is 0.854. The normalized spacial score (nSPS) is 21.3. The summed E-state index contributed by atoms with van der Waals surface area (Å²) in [5, 5.41) is 9.02. The highest BCUT2D eigenvalue weighted by Gasteiger charge is 2.28. The molecule has 2 fully saturated rings. The summed E-state index contributed by atoms with van der Waals surface area (Å²) in [5.41, 5.74) is 1.06. The summed E-state index contributed by atoms with van der Waals surface area (Å²) in [4.78, 5) is 24.9. The molecule has 3 rings (SSSR count). The van der Waals surface area contributed by atoms with Crippen molar-refractivity contribution in [2.75, 3.05) is 19.7 Å². The first kappa shape index (κ1) is 17.7. The number of hydrogen-bond donors (Lipinski definition) is 1. The molecule has 1 saturated carbocycles. The number of aryl methyl sites for hydroxylation is 1. The van der Waals surface area contributed by atoms with Crippen LogP contribution in [0.4, 0.5) is 0 Å². The second-order valence-electron chi connectivity index (χ2n) is 6.71. The maximum absolute atomic E-state index is 12.3. The Labute approximate surface area is 147 Å². The molecule has 0 radical (unpaired) electrons. The van der Waals surface area contributed by atoms with Crippen molar-refractivity contribution >= 4 is 11.9 Å². The minimum absolute atomic E-state index is 0.0309. The van der Waals surface area contributed by atoms with Crippen LogP contribution in [0.25, 0.3) is 0 Å². The SMILES string of the molecule is O=C(O)[C@H]1CN(C(=O)CCc2cccc(OC3CCCC3)c2)CCO1. The van der Waals surface area contributed by atoms with Crippen molar-refractivity contribution in [1.29, 1.82) is 0 Å². The Kier molecular flexibility index (Phi) is 5.91. The maximum Gasteiger partial charge on any atom is 0.334 e. The molecule has 1 N–H and O–H groups in total. The number of carboxylic acid groups (broad SMARTS) is 1. The van der Waals surface area contributed by atoms with E-state index in [9.17, 15) is 9.59 Å². The minimum Gasteiger partial charge on any atom is -0.490 e. The van der Waals surface area contributed by atoms with Gasteiger partial charge in [0.2, 0.25) is 5.91 Å². The Morgan fingerprint density at radius 3 is 2.84 bits per heavy atom. The van der Waals surface area contributed by atoms with Crippen LogP contribution in [-0.2, 0) is 20.7 Å². The Morgan fingerprint density at radius 2 is 2.08 bits per heavy atom. The first-order valence-electron chi connectivity index (χ1n) is 8.99. The average molecular weight is 347 g/mol. The molecule has 1 aliphatic carbocycles. The van der Waals surface area contributed by atoms with E-state index in [-0.39, 0.29) is 19.1 Å². The average Bonchev–Trinajstić information content (AvgIpc) is 3.13. The molecule has 136 valence electrons. The van der Waals surface area contributed by atoms with Gasteiger partial charge in [-0.15, -0.1) is 0 Å². The summed E-state index contributed by atoms with van der Waals surface area (Å²) in [5.74, 6) is -0.180. The topological polar surface area (TPSA) is 76.1 Å². The molecule has 25 heavy (non-hydrogen) atoms. The van der Waals surface area contributed by atoms with Gasteiger partial charge in [-0.1, -0.05) is 12.1 Å². The number of hydrogen-bond acceptors (Lipinski definition) is 4. The molecule has 6 nitrogen and oxygen atoms in total. The van der Waals surface area contributed by atoms with Crippen LogP contribution >= 0.6 is 0 Å². The van der Waals surface area contributed by atoms with E-state index >= 15 is 0 Å². The number of carbonyl (C=O) groups is 2. The van der Waals surface area contributed by atoms with Crippen LogP contribution in [0, 0.1) is 0 Å². The van der Waals surface area contributed by atoms with Gasteiger partial charge in [0.25, 0.3) is 0 Å². The zero-order chi connectivity index (χ0) is 17.6. The molecule has 1 aromatic carbocycles. The lowest BCUT2D eigenvalue weighted by Crippen LogP contribution is -2.48. The summed E-state index contributed by atoms with van der Waals surface area (Å²) < 4.78 is 11.2. The van der Waals surface area contributed by atoms with Crippen molar-refractivity contribution in [3.63, 3.8) is 0 Å². The zero-order valence-corrected chi connectivity index (χ0v) is 14.4. The van der Waals surface area contributed by atoms with Crippen LogP contribution in [0.15, 0.2) is 24.3 Å².